The number of rotatable bonds is 0. The van der Waals surface area contributed by atoms with E-state index in [0.29, 0.717) is 11.1 Å². The summed E-state index contributed by atoms with van der Waals surface area (Å²) in [5.41, 5.74) is 0.382. The van der Waals surface area contributed by atoms with Crippen molar-refractivity contribution in [2.45, 2.75) is 20.0 Å². The molecule has 0 heterocycles. The molecule has 0 N–H and O–H groups in total. The maximum absolute atomic E-state index is 12.3. The average Bonchev–Trinajstić information content (AvgIpc) is 2.34. The minimum absolute atomic E-state index is 0.343. The van der Waals surface area contributed by atoms with Gasteiger partial charge in [0.1, 0.15) is 11.6 Å². The quantitative estimate of drug-likeness (QED) is 0.578. The van der Waals surface area contributed by atoms with Gasteiger partial charge < -0.3 is 0 Å². The first-order valence-electron chi connectivity index (χ1n) is 5.75. The third kappa shape index (κ3) is 4.99. The van der Waals surface area contributed by atoms with E-state index in [1.807, 2.05) is 0 Å². The summed E-state index contributed by atoms with van der Waals surface area (Å²) in [6.45, 7) is 3.16. The minimum Gasteiger partial charge on any atom is -0.207 e. The fourth-order valence-corrected chi connectivity index (χ4v) is 1.43. The molecule has 2 aromatic carbocycles. The highest BCUT2D eigenvalue weighted by Gasteiger charge is 2.29. The number of halogens is 5. The Labute approximate surface area is 113 Å². The summed E-state index contributed by atoms with van der Waals surface area (Å²) in [6, 6.07) is 8.60. The standard InChI is InChI=1S/C8H7F3.C7H6F2/c1-6-3-2-4-7(5-6)8(9,10)11;1-5-4-6(8)2-3-7(5)9/h2-5H,1H3;2-4H,1H3. The third-order valence-corrected chi connectivity index (χ3v) is 2.47. The van der Waals surface area contributed by atoms with Crippen LogP contribution in [0.25, 0.3) is 0 Å². The van der Waals surface area contributed by atoms with Gasteiger partial charge in [-0.25, -0.2) is 8.78 Å². The van der Waals surface area contributed by atoms with Gasteiger partial charge in [0.25, 0.3) is 0 Å². The Morgan fingerprint density at radius 3 is 1.90 bits per heavy atom. The second kappa shape index (κ2) is 6.50. The molecule has 0 atom stereocenters. The van der Waals surface area contributed by atoms with Crippen LogP contribution in [-0.4, -0.2) is 0 Å². The Morgan fingerprint density at radius 2 is 1.50 bits per heavy atom. The largest absolute Gasteiger partial charge is 0.416 e. The van der Waals surface area contributed by atoms with Crippen LogP contribution < -0.4 is 0 Å². The molecule has 5 heteroatoms. The maximum atomic E-state index is 12.3. The van der Waals surface area contributed by atoms with Gasteiger partial charge in [0.2, 0.25) is 0 Å². The lowest BCUT2D eigenvalue weighted by Crippen LogP contribution is -2.04. The van der Waals surface area contributed by atoms with Gasteiger partial charge in [-0.05, 0) is 43.7 Å². The maximum Gasteiger partial charge on any atom is 0.416 e. The molecule has 0 unspecified atom stereocenters. The summed E-state index contributed by atoms with van der Waals surface area (Å²) in [5, 5.41) is 0. The molecule has 0 aliphatic rings. The zero-order valence-corrected chi connectivity index (χ0v) is 10.9. The highest BCUT2D eigenvalue weighted by atomic mass is 19.4. The van der Waals surface area contributed by atoms with Gasteiger partial charge in [0.05, 0.1) is 5.56 Å². The van der Waals surface area contributed by atoms with E-state index >= 15 is 0 Å². The van der Waals surface area contributed by atoms with Crippen LogP contribution in [0.1, 0.15) is 16.7 Å². The van der Waals surface area contributed by atoms with Gasteiger partial charge >= 0.3 is 6.18 Å². The Bertz CT molecular complexity index is 573. The van der Waals surface area contributed by atoms with E-state index in [9.17, 15) is 22.0 Å². The topological polar surface area (TPSA) is 0 Å². The van der Waals surface area contributed by atoms with Gasteiger partial charge in [-0.15, -0.1) is 0 Å². The lowest BCUT2D eigenvalue weighted by Gasteiger charge is -2.05. The average molecular weight is 288 g/mol. The van der Waals surface area contributed by atoms with Gasteiger partial charge in [0, 0.05) is 0 Å². The van der Waals surface area contributed by atoms with E-state index in [4.69, 9.17) is 0 Å². The molecule has 108 valence electrons. The minimum atomic E-state index is -4.22. The fourth-order valence-electron chi connectivity index (χ4n) is 1.43. The van der Waals surface area contributed by atoms with Crippen LogP contribution in [0.5, 0.6) is 0 Å². The summed E-state index contributed by atoms with van der Waals surface area (Å²) >= 11 is 0. The number of hydrogen-bond acceptors (Lipinski definition) is 0. The smallest absolute Gasteiger partial charge is 0.207 e. The van der Waals surface area contributed by atoms with Crippen molar-refractivity contribution in [1.82, 2.24) is 0 Å². The Morgan fingerprint density at radius 1 is 0.850 bits per heavy atom. The van der Waals surface area contributed by atoms with E-state index < -0.39 is 17.6 Å². The predicted molar refractivity (Wildman–Crippen MR) is 67.3 cm³/mol. The zero-order valence-electron chi connectivity index (χ0n) is 10.9. The molecule has 2 rings (SSSR count). The fraction of sp³-hybridized carbons (Fsp3) is 0.200. The van der Waals surface area contributed by atoms with Gasteiger partial charge in [-0.2, -0.15) is 13.2 Å². The SMILES string of the molecule is Cc1cc(F)ccc1F.Cc1cccc(C(F)(F)F)c1. The van der Waals surface area contributed by atoms with Crippen molar-refractivity contribution < 1.29 is 22.0 Å². The van der Waals surface area contributed by atoms with Gasteiger partial charge in [0.15, 0.2) is 0 Å². The van der Waals surface area contributed by atoms with Crippen molar-refractivity contribution in [3.63, 3.8) is 0 Å². The van der Waals surface area contributed by atoms with E-state index in [2.05, 4.69) is 0 Å². The van der Waals surface area contributed by atoms with Crippen molar-refractivity contribution in [3.05, 3.63) is 70.8 Å². The zero-order chi connectivity index (χ0) is 15.3. The Kier molecular flexibility index (Phi) is 5.25. The van der Waals surface area contributed by atoms with Crippen LogP contribution in [0.15, 0.2) is 42.5 Å². The molecule has 0 radical (unpaired) electrons. The van der Waals surface area contributed by atoms with Crippen LogP contribution in [0.2, 0.25) is 0 Å². The molecule has 2 aromatic rings. The van der Waals surface area contributed by atoms with Crippen LogP contribution in [0, 0.1) is 25.5 Å². The molecule has 0 aromatic heterocycles. The number of aryl methyl sites for hydroxylation is 2. The van der Waals surface area contributed by atoms with Crippen molar-refractivity contribution >= 4 is 0 Å². The number of alkyl halides is 3. The molecule has 0 aliphatic heterocycles. The van der Waals surface area contributed by atoms with Crippen molar-refractivity contribution in [2.75, 3.05) is 0 Å². The summed E-state index contributed by atoms with van der Waals surface area (Å²) in [5.74, 6) is -0.759. The molecule has 0 spiro atoms. The predicted octanol–water partition coefficient (Wildman–Crippen LogP) is 5.29. The molecule has 0 nitrogen and oxygen atoms in total. The summed E-state index contributed by atoms with van der Waals surface area (Å²) < 4.78 is 60.4. The highest BCUT2D eigenvalue weighted by molar-refractivity contribution is 5.24. The van der Waals surface area contributed by atoms with E-state index in [1.165, 1.54) is 13.0 Å². The lowest BCUT2D eigenvalue weighted by molar-refractivity contribution is -0.137. The van der Waals surface area contributed by atoms with Crippen LogP contribution in [-0.2, 0) is 6.18 Å². The number of hydrogen-bond donors (Lipinski definition) is 0. The number of benzene rings is 2. The summed E-state index contributed by atoms with van der Waals surface area (Å²) in [4.78, 5) is 0. The first kappa shape index (κ1) is 16.1. The second-order valence-corrected chi connectivity index (χ2v) is 4.26. The first-order chi connectivity index (χ1) is 9.20. The molecule has 0 amide bonds. The van der Waals surface area contributed by atoms with Crippen molar-refractivity contribution in [1.29, 1.82) is 0 Å². The van der Waals surface area contributed by atoms with Crippen molar-refractivity contribution in [2.24, 2.45) is 0 Å². The second-order valence-electron chi connectivity index (χ2n) is 4.26. The normalized spacial score (nSPS) is 10.8. The summed E-state index contributed by atoms with van der Waals surface area (Å²) in [7, 11) is 0. The first-order valence-corrected chi connectivity index (χ1v) is 5.75. The molecule has 0 saturated carbocycles. The molecule has 0 aliphatic carbocycles. The molecule has 20 heavy (non-hydrogen) atoms. The molecular formula is C15H13F5. The lowest BCUT2D eigenvalue weighted by atomic mass is 10.1. The Balaban J connectivity index is 0.000000204. The van der Waals surface area contributed by atoms with E-state index in [1.54, 1.807) is 13.0 Å². The highest BCUT2D eigenvalue weighted by Crippen LogP contribution is 2.29. The molecular weight excluding hydrogens is 275 g/mol. The molecule has 0 bridgehead atoms. The van der Waals surface area contributed by atoms with Gasteiger partial charge in [-0.1, -0.05) is 23.8 Å². The van der Waals surface area contributed by atoms with Gasteiger partial charge in [-0.3, -0.25) is 0 Å². The van der Waals surface area contributed by atoms with Crippen LogP contribution in [0.4, 0.5) is 22.0 Å². The monoisotopic (exact) mass is 288 g/mol. The van der Waals surface area contributed by atoms with E-state index in [0.717, 1.165) is 30.3 Å². The van der Waals surface area contributed by atoms with E-state index in [-0.39, 0.29) is 5.82 Å². The van der Waals surface area contributed by atoms with Crippen LogP contribution >= 0.6 is 0 Å². The molecule has 0 saturated heterocycles. The summed E-state index contributed by atoms with van der Waals surface area (Å²) in [6.07, 6.45) is -4.22. The molecule has 0 fully saturated rings. The van der Waals surface area contributed by atoms with Crippen molar-refractivity contribution in [3.8, 4) is 0 Å². The third-order valence-electron chi connectivity index (χ3n) is 2.47. The van der Waals surface area contributed by atoms with Crippen LogP contribution in [0.3, 0.4) is 0 Å². The Hall–Kier alpha value is -1.91.